The van der Waals surface area contributed by atoms with Gasteiger partial charge < -0.3 is 15.8 Å². The minimum Gasteiger partial charge on any atom is -0.384 e. The largest absolute Gasteiger partial charge is 0.384 e. The van der Waals surface area contributed by atoms with Gasteiger partial charge in [0.2, 0.25) is 5.91 Å². The number of carbonyl (C=O) groups excluding carboxylic acids is 1. The zero-order valence-electron chi connectivity index (χ0n) is 10.2. The Morgan fingerprint density at radius 3 is 3.00 bits per heavy atom. The number of hydrogen-bond acceptors (Lipinski definition) is 3. The normalized spacial score (nSPS) is 10.2. The van der Waals surface area contributed by atoms with E-state index < -0.39 is 0 Å². The van der Waals surface area contributed by atoms with Gasteiger partial charge in [-0.3, -0.25) is 4.79 Å². The third-order valence-electron chi connectivity index (χ3n) is 2.41. The van der Waals surface area contributed by atoms with Gasteiger partial charge in [-0.05, 0) is 37.1 Å². The van der Waals surface area contributed by atoms with Crippen molar-refractivity contribution in [3.05, 3.63) is 29.8 Å². The molecule has 0 aromatic heterocycles. The standard InChI is InChI=1S/C13H20N2O2/c1-17-9-7-13(16)15-12-6-2-4-11(10-12)5-3-8-14/h2,4,6,10H,3,5,7-9,14H2,1H3,(H,15,16). The summed E-state index contributed by atoms with van der Waals surface area (Å²) < 4.78 is 4.85. The maximum absolute atomic E-state index is 11.5. The second-order valence-corrected chi connectivity index (χ2v) is 3.88. The van der Waals surface area contributed by atoms with Crippen molar-refractivity contribution in [1.82, 2.24) is 0 Å². The second kappa shape index (κ2) is 7.81. The SMILES string of the molecule is COCCC(=O)Nc1cccc(CCCN)c1. The monoisotopic (exact) mass is 236 g/mol. The molecule has 0 aliphatic heterocycles. The van der Waals surface area contributed by atoms with E-state index in [0.717, 1.165) is 18.5 Å². The first-order valence-corrected chi connectivity index (χ1v) is 5.84. The number of amides is 1. The van der Waals surface area contributed by atoms with Gasteiger partial charge in [0.25, 0.3) is 0 Å². The highest BCUT2D eigenvalue weighted by molar-refractivity contribution is 5.90. The highest BCUT2D eigenvalue weighted by atomic mass is 16.5. The lowest BCUT2D eigenvalue weighted by atomic mass is 10.1. The fourth-order valence-corrected chi connectivity index (χ4v) is 1.53. The molecule has 0 aliphatic rings. The van der Waals surface area contributed by atoms with E-state index in [4.69, 9.17) is 10.5 Å². The molecule has 0 saturated carbocycles. The Morgan fingerprint density at radius 2 is 2.29 bits per heavy atom. The predicted octanol–water partition coefficient (Wildman–Crippen LogP) is 1.55. The summed E-state index contributed by atoms with van der Waals surface area (Å²) in [6, 6.07) is 7.86. The van der Waals surface area contributed by atoms with E-state index in [0.29, 0.717) is 19.6 Å². The van der Waals surface area contributed by atoms with Crippen molar-refractivity contribution < 1.29 is 9.53 Å². The summed E-state index contributed by atoms with van der Waals surface area (Å²) in [4.78, 5) is 11.5. The summed E-state index contributed by atoms with van der Waals surface area (Å²) in [5, 5.41) is 2.84. The van der Waals surface area contributed by atoms with Gasteiger partial charge in [0.1, 0.15) is 0 Å². The summed E-state index contributed by atoms with van der Waals surface area (Å²) in [6.45, 7) is 1.13. The summed E-state index contributed by atoms with van der Waals surface area (Å²) >= 11 is 0. The molecule has 1 amide bonds. The Hall–Kier alpha value is -1.39. The van der Waals surface area contributed by atoms with Crippen molar-refractivity contribution in [3.63, 3.8) is 0 Å². The average molecular weight is 236 g/mol. The molecule has 94 valence electrons. The Morgan fingerprint density at radius 1 is 1.47 bits per heavy atom. The van der Waals surface area contributed by atoms with Gasteiger partial charge >= 0.3 is 0 Å². The lowest BCUT2D eigenvalue weighted by molar-refractivity contribution is -0.117. The third kappa shape index (κ3) is 5.47. The molecule has 0 saturated heterocycles. The van der Waals surface area contributed by atoms with Gasteiger partial charge in [-0.2, -0.15) is 0 Å². The number of methoxy groups -OCH3 is 1. The minimum absolute atomic E-state index is 0.0252. The van der Waals surface area contributed by atoms with Crippen molar-refractivity contribution in [3.8, 4) is 0 Å². The van der Waals surface area contributed by atoms with Gasteiger partial charge in [0.15, 0.2) is 0 Å². The molecule has 0 radical (unpaired) electrons. The number of aryl methyl sites for hydroxylation is 1. The van der Waals surface area contributed by atoms with E-state index in [1.807, 2.05) is 24.3 Å². The lowest BCUT2D eigenvalue weighted by Gasteiger charge is -2.07. The molecule has 0 fully saturated rings. The summed E-state index contributed by atoms with van der Waals surface area (Å²) in [5.74, 6) is -0.0252. The molecule has 17 heavy (non-hydrogen) atoms. The van der Waals surface area contributed by atoms with Crippen LogP contribution in [0.3, 0.4) is 0 Å². The first-order chi connectivity index (χ1) is 8.26. The fraction of sp³-hybridized carbons (Fsp3) is 0.462. The summed E-state index contributed by atoms with van der Waals surface area (Å²) in [5.41, 5.74) is 7.49. The molecule has 0 atom stereocenters. The molecule has 0 spiro atoms. The number of rotatable bonds is 7. The van der Waals surface area contributed by atoms with Crippen LogP contribution in [-0.2, 0) is 16.0 Å². The third-order valence-corrected chi connectivity index (χ3v) is 2.41. The van der Waals surface area contributed by atoms with Gasteiger partial charge in [-0.25, -0.2) is 0 Å². The number of nitrogens with two attached hydrogens (primary N) is 1. The van der Waals surface area contributed by atoms with Crippen LogP contribution < -0.4 is 11.1 Å². The smallest absolute Gasteiger partial charge is 0.226 e. The molecular formula is C13H20N2O2. The number of ether oxygens (including phenoxy) is 1. The van der Waals surface area contributed by atoms with Crippen LogP contribution in [0.1, 0.15) is 18.4 Å². The molecule has 0 unspecified atom stereocenters. The average Bonchev–Trinajstić information content (AvgIpc) is 2.34. The predicted molar refractivity (Wildman–Crippen MR) is 68.9 cm³/mol. The molecule has 1 rings (SSSR count). The number of hydrogen-bond donors (Lipinski definition) is 2. The summed E-state index contributed by atoms with van der Waals surface area (Å²) in [7, 11) is 1.58. The Labute approximate surface area is 102 Å². The zero-order chi connectivity index (χ0) is 12.5. The van der Waals surface area contributed by atoms with E-state index in [1.54, 1.807) is 7.11 Å². The van der Waals surface area contributed by atoms with E-state index in [-0.39, 0.29) is 5.91 Å². The number of benzene rings is 1. The number of anilines is 1. The molecule has 0 bridgehead atoms. The Kier molecular flexibility index (Phi) is 6.29. The van der Waals surface area contributed by atoms with Crippen LogP contribution in [0.25, 0.3) is 0 Å². The van der Waals surface area contributed by atoms with Gasteiger partial charge in [-0.1, -0.05) is 12.1 Å². The zero-order valence-corrected chi connectivity index (χ0v) is 10.2. The van der Waals surface area contributed by atoms with E-state index in [2.05, 4.69) is 5.32 Å². The Bertz CT molecular complexity index is 353. The van der Waals surface area contributed by atoms with Crippen LogP contribution in [0.2, 0.25) is 0 Å². The van der Waals surface area contributed by atoms with E-state index in [1.165, 1.54) is 5.56 Å². The van der Waals surface area contributed by atoms with Crippen LogP contribution in [-0.4, -0.2) is 26.2 Å². The molecule has 4 heteroatoms. The van der Waals surface area contributed by atoms with Gasteiger partial charge in [0, 0.05) is 12.8 Å². The molecule has 1 aromatic carbocycles. The Balaban J connectivity index is 2.50. The number of nitrogens with one attached hydrogen (secondary N) is 1. The molecule has 3 N–H and O–H groups in total. The highest BCUT2D eigenvalue weighted by Gasteiger charge is 2.02. The van der Waals surface area contributed by atoms with Crippen LogP contribution >= 0.6 is 0 Å². The quantitative estimate of drug-likeness (QED) is 0.755. The number of carbonyl (C=O) groups is 1. The van der Waals surface area contributed by atoms with Crippen molar-refractivity contribution >= 4 is 11.6 Å². The first kappa shape index (κ1) is 13.7. The maximum Gasteiger partial charge on any atom is 0.226 e. The van der Waals surface area contributed by atoms with Crippen molar-refractivity contribution in [2.75, 3.05) is 25.6 Å². The lowest BCUT2D eigenvalue weighted by Crippen LogP contribution is -2.13. The summed E-state index contributed by atoms with van der Waals surface area (Å²) in [6.07, 6.45) is 2.28. The van der Waals surface area contributed by atoms with E-state index in [9.17, 15) is 4.79 Å². The van der Waals surface area contributed by atoms with Crippen molar-refractivity contribution in [2.24, 2.45) is 5.73 Å². The molecular weight excluding hydrogens is 216 g/mol. The van der Waals surface area contributed by atoms with Crippen LogP contribution in [0.15, 0.2) is 24.3 Å². The molecule has 0 aliphatic carbocycles. The topological polar surface area (TPSA) is 64.3 Å². The second-order valence-electron chi connectivity index (χ2n) is 3.88. The first-order valence-electron chi connectivity index (χ1n) is 5.84. The van der Waals surface area contributed by atoms with Crippen LogP contribution in [0.5, 0.6) is 0 Å². The van der Waals surface area contributed by atoms with Crippen LogP contribution in [0.4, 0.5) is 5.69 Å². The molecule has 4 nitrogen and oxygen atoms in total. The van der Waals surface area contributed by atoms with Crippen molar-refractivity contribution in [2.45, 2.75) is 19.3 Å². The van der Waals surface area contributed by atoms with Crippen molar-refractivity contribution in [1.29, 1.82) is 0 Å². The fourth-order valence-electron chi connectivity index (χ4n) is 1.53. The molecule has 1 aromatic rings. The van der Waals surface area contributed by atoms with E-state index >= 15 is 0 Å². The van der Waals surface area contributed by atoms with Gasteiger partial charge in [0.05, 0.1) is 13.0 Å². The molecule has 0 heterocycles. The maximum atomic E-state index is 11.5. The van der Waals surface area contributed by atoms with Crippen LogP contribution in [0, 0.1) is 0 Å². The van der Waals surface area contributed by atoms with Gasteiger partial charge in [-0.15, -0.1) is 0 Å². The highest BCUT2D eigenvalue weighted by Crippen LogP contribution is 2.12. The minimum atomic E-state index is -0.0252.